The fourth-order valence-electron chi connectivity index (χ4n) is 4.43. The van der Waals surface area contributed by atoms with Crippen LogP contribution in [0, 0.1) is 18.8 Å². The molecule has 1 fully saturated rings. The first-order valence-electron chi connectivity index (χ1n) is 11.9. The van der Waals surface area contributed by atoms with E-state index in [0.29, 0.717) is 38.0 Å². The van der Waals surface area contributed by atoms with Crippen molar-refractivity contribution < 1.29 is 14.3 Å². The van der Waals surface area contributed by atoms with E-state index in [1.807, 2.05) is 45.0 Å². The first-order chi connectivity index (χ1) is 16.6. The van der Waals surface area contributed by atoms with Crippen LogP contribution in [0.4, 0.5) is 11.5 Å². The van der Waals surface area contributed by atoms with E-state index in [1.54, 1.807) is 4.90 Å². The van der Waals surface area contributed by atoms with Crippen LogP contribution in [0.5, 0.6) is 0 Å². The lowest BCUT2D eigenvalue weighted by atomic mass is 9.94. The number of anilines is 2. The second-order valence-electron chi connectivity index (χ2n) is 9.36. The highest BCUT2D eigenvalue weighted by molar-refractivity contribution is 5.98. The first kappa shape index (κ1) is 26.2. The van der Waals surface area contributed by atoms with Crippen molar-refractivity contribution in [2.45, 2.75) is 40.2 Å². The molecule has 2 aromatic rings. The number of aromatic nitrogens is 2. The van der Waals surface area contributed by atoms with Gasteiger partial charge in [0.15, 0.2) is 5.69 Å². The summed E-state index contributed by atoms with van der Waals surface area (Å²) in [6.07, 6.45) is 0.923. The molecule has 1 aromatic heterocycles. The summed E-state index contributed by atoms with van der Waals surface area (Å²) < 4.78 is 6.46. The van der Waals surface area contributed by atoms with Crippen LogP contribution in [0.2, 0.25) is 0 Å². The molecule has 0 atom stereocenters. The van der Waals surface area contributed by atoms with Crippen molar-refractivity contribution >= 4 is 23.3 Å². The number of aryl methyl sites for hydroxylation is 1. The van der Waals surface area contributed by atoms with Crippen LogP contribution in [-0.4, -0.2) is 59.6 Å². The molecule has 2 heterocycles. The molecule has 3 rings (SSSR count). The number of amides is 2. The fraction of sp³-hybridized carbons (Fsp3) is 0.520. The number of aromatic amines is 1. The summed E-state index contributed by atoms with van der Waals surface area (Å²) in [6.45, 7) is 7.23. The maximum absolute atomic E-state index is 13.6. The number of likely N-dealkylation sites (tertiary alicyclic amines) is 1. The van der Waals surface area contributed by atoms with Gasteiger partial charge in [0.05, 0.1) is 6.61 Å². The standard InChI is InChI=1S/C25H35N5O5/c1-16(2)15-30-21(26)20(22(31)27-25(30)34)29(13-14-35-4)23(32)18-9-11-28(12-10-18)24(33)19-8-6-5-7-17(19)3/h5-8,16,18H,9-15,26H2,1-4H3,(H,27,31,34). The van der Waals surface area contributed by atoms with Crippen LogP contribution in [0.1, 0.15) is 42.6 Å². The molecular weight excluding hydrogens is 450 g/mol. The highest BCUT2D eigenvalue weighted by Crippen LogP contribution is 2.26. The number of piperidine rings is 1. The number of hydrogen-bond donors (Lipinski definition) is 2. The first-order valence-corrected chi connectivity index (χ1v) is 11.9. The summed E-state index contributed by atoms with van der Waals surface area (Å²) in [5, 5.41) is 0. The highest BCUT2D eigenvalue weighted by Gasteiger charge is 2.33. The van der Waals surface area contributed by atoms with Gasteiger partial charge < -0.3 is 20.3 Å². The Labute approximate surface area is 204 Å². The molecule has 0 unspecified atom stereocenters. The number of benzene rings is 1. The van der Waals surface area contributed by atoms with Crippen LogP contribution < -0.4 is 21.9 Å². The number of rotatable bonds is 8. The molecule has 10 nitrogen and oxygen atoms in total. The Balaban J connectivity index is 1.83. The van der Waals surface area contributed by atoms with E-state index in [9.17, 15) is 19.2 Å². The summed E-state index contributed by atoms with van der Waals surface area (Å²) in [6, 6.07) is 7.44. The summed E-state index contributed by atoms with van der Waals surface area (Å²) in [5.74, 6) is -0.642. The quantitative estimate of drug-likeness (QED) is 0.584. The highest BCUT2D eigenvalue weighted by atomic mass is 16.5. The minimum absolute atomic E-state index is 0.0364. The Morgan fingerprint density at radius 2 is 1.86 bits per heavy atom. The van der Waals surface area contributed by atoms with E-state index < -0.39 is 17.2 Å². The molecule has 0 saturated carbocycles. The predicted octanol–water partition coefficient (Wildman–Crippen LogP) is 1.62. The maximum Gasteiger partial charge on any atom is 0.330 e. The molecule has 190 valence electrons. The second kappa shape index (κ2) is 11.4. The summed E-state index contributed by atoms with van der Waals surface area (Å²) >= 11 is 0. The number of H-pyrrole nitrogens is 1. The lowest BCUT2D eigenvalue weighted by molar-refractivity contribution is -0.123. The smallest absolute Gasteiger partial charge is 0.330 e. The molecule has 1 aromatic carbocycles. The number of nitrogens with one attached hydrogen (secondary N) is 1. The largest absolute Gasteiger partial charge is 0.383 e. The Morgan fingerprint density at radius 1 is 1.20 bits per heavy atom. The number of hydrogen-bond acceptors (Lipinski definition) is 6. The lowest BCUT2D eigenvalue weighted by Gasteiger charge is -2.34. The van der Waals surface area contributed by atoms with Crippen LogP contribution in [0.3, 0.4) is 0 Å². The van der Waals surface area contributed by atoms with Crippen LogP contribution >= 0.6 is 0 Å². The minimum Gasteiger partial charge on any atom is -0.383 e. The number of methoxy groups -OCH3 is 1. The van der Waals surface area contributed by atoms with Crippen LogP contribution in [0.15, 0.2) is 33.9 Å². The van der Waals surface area contributed by atoms with Crippen molar-refractivity contribution in [3.8, 4) is 0 Å². The van der Waals surface area contributed by atoms with E-state index in [1.165, 1.54) is 16.6 Å². The summed E-state index contributed by atoms with van der Waals surface area (Å²) in [4.78, 5) is 57.1. The number of nitrogens with two attached hydrogens (primary N) is 1. The van der Waals surface area contributed by atoms with Gasteiger partial charge in [-0.25, -0.2) is 4.79 Å². The fourth-order valence-corrected chi connectivity index (χ4v) is 4.43. The van der Waals surface area contributed by atoms with Gasteiger partial charge in [0.2, 0.25) is 5.91 Å². The molecule has 10 heteroatoms. The van der Waals surface area contributed by atoms with Crippen molar-refractivity contribution in [3.05, 3.63) is 56.2 Å². The number of carbonyl (C=O) groups is 2. The molecule has 3 N–H and O–H groups in total. The van der Waals surface area contributed by atoms with Crippen LogP contribution in [-0.2, 0) is 16.1 Å². The Bertz CT molecular complexity index is 1180. The van der Waals surface area contributed by atoms with Gasteiger partial charge in [0.1, 0.15) is 5.82 Å². The van der Waals surface area contributed by atoms with Gasteiger partial charge in [-0.2, -0.15) is 0 Å². The molecule has 2 amide bonds. The van der Waals surface area contributed by atoms with Crippen molar-refractivity contribution in [3.63, 3.8) is 0 Å². The number of nitrogen functional groups attached to an aromatic ring is 1. The SMILES string of the molecule is COCCN(C(=O)C1CCN(C(=O)c2ccccc2C)CC1)c1c(N)n(CC(C)C)c(=O)[nH]c1=O. The second-order valence-corrected chi connectivity index (χ2v) is 9.36. The zero-order valence-electron chi connectivity index (χ0n) is 20.9. The predicted molar refractivity (Wildman–Crippen MR) is 135 cm³/mol. The zero-order chi connectivity index (χ0) is 25.7. The molecule has 0 spiro atoms. The van der Waals surface area contributed by atoms with Gasteiger partial charge in [-0.3, -0.25) is 23.9 Å². The molecule has 0 radical (unpaired) electrons. The number of ether oxygens (including phenoxy) is 1. The molecule has 1 saturated heterocycles. The summed E-state index contributed by atoms with van der Waals surface area (Å²) in [5.41, 5.74) is 6.49. The third-order valence-electron chi connectivity index (χ3n) is 6.32. The third-order valence-corrected chi connectivity index (χ3v) is 6.32. The van der Waals surface area contributed by atoms with Crippen molar-refractivity contribution in [1.82, 2.24) is 14.5 Å². The third kappa shape index (κ3) is 5.82. The molecule has 1 aliphatic rings. The van der Waals surface area contributed by atoms with Gasteiger partial charge in [-0.15, -0.1) is 0 Å². The number of nitrogens with zero attached hydrogens (tertiary/aromatic N) is 3. The van der Waals surface area contributed by atoms with Crippen LogP contribution in [0.25, 0.3) is 0 Å². The van der Waals surface area contributed by atoms with E-state index in [-0.39, 0.29) is 42.4 Å². The zero-order valence-corrected chi connectivity index (χ0v) is 20.9. The van der Waals surface area contributed by atoms with E-state index >= 15 is 0 Å². The topological polar surface area (TPSA) is 131 Å². The monoisotopic (exact) mass is 485 g/mol. The maximum atomic E-state index is 13.6. The van der Waals surface area contributed by atoms with E-state index in [4.69, 9.17) is 10.5 Å². The van der Waals surface area contributed by atoms with Gasteiger partial charge in [-0.1, -0.05) is 32.0 Å². The van der Waals surface area contributed by atoms with Crippen molar-refractivity contribution in [1.29, 1.82) is 0 Å². The normalized spacial score (nSPS) is 14.4. The minimum atomic E-state index is -0.705. The summed E-state index contributed by atoms with van der Waals surface area (Å²) in [7, 11) is 1.51. The lowest BCUT2D eigenvalue weighted by Crippen LogP contribution is -2.48. The molecule has 0 bridgehead atoms. The van der Waals surface area contributed by atoms with Gasteiger partial charge in [-0.05, 0) is 37.3 Å². The van der Waals surface area contributed by atoms with Gasteiger partial charge in [0.25, 0.3) is 11.5 Å². The Morgan fingerprint density at radius 3 is 2.46 bits per heavy atom. The molecule has 35 heavy (non-hydrogen) atoms. The van der Waals surface area contributed by atoms with E-state index in [0.717, 1.165) is 5.56 Å². The Kier molecular flexibility index (Phi) is 8.50. The van der Waals surface area contributed by atoms with Gasteiger partial charge in [0, 0.05) is 44.8 Å². The number of carbonyl (C=O) groups excluding carboxylic acids is 2. The Hall–Kier alpha value is -3.40. The van der Waals surface area contributed by atoms with Crippen molar-refractivity contribution in [2.24, 2.45) is 11.8 Å². The molecule has 0 aliphatic carbocycles. The van der Waals surface area contributed by atoms with E-state index in [2.05, 4.69) is 4.98 Å². The van der Waals surface area contributed by atoms with Crippen molar-refractivity contribution in [2.75, 3.05) is 44.0 Å². The van der Waals surface area contributed by atoms with Gasteiger partial charge >= 0.3 is 5.69 Å². The molecular formula is C25H35N5O5. The molecule has 1 aliphatic heterocycles. The average Bonchev–Trinajstić information content (AvgIpc) is 2.83. The average molecular weight is 486 g/mol.